The fourth-order valence-electron chi connectivity index (χ4n) is 3.23. The van der Waals surface area contributed by atoms with Crippen molar-refractivity contribution in [3.05, 3.63) is 34.7 Å². The first-order valence-corrected chi connectivity index (χ1v) is 9.02. The maximum Gasteiger partial charge on any atom is 0.212 e. The number of fused-ring (bicyclic) bond motifs is 1. The summed E-state index contributed by atoms with van der Waals surface area (Å²) < 4.78 is 7.63. The van der Waals surface area contributed by atoms with Crippen LogP contribution >= 0.6 is 15.9 Å². The standard InChI is InChI=1S/C17H19BrN6O/c1-25-13-5-4-10(8-21-13)12-9-22-24-16(19)14(18)15(23-17(12)24)11-3-2-6-20-7-11/h4-5,8-9,11,20H,2-3,6-7,19H2,1H3/t11-/m1/s1. The number of methoxy groups -OCH3 is 1. The zero-order valence-corrected chi connectivity index (χ0v) is 15.5. The van der Waals surface area contributed by atoms with E-state index in [0.29, 0.717) is 17.6 Å². The third-order valence-electron chi connectivity index (χ3n) is 4.59. The maximum absolute atomic E-state index is 6.32. The van der Waals surface area contributed by atoms with Crippen LogP contribution in [0.1, 0.15) is 24.5 Å². The Bertz CT molecular complexity index is 902. The highest BCUT2D eigenvalue weighted by atomic mass is 79.9. The summed E-state index contributed by atoms with van der Waals surface area (Å²) in [7, 11) is 1.60. The van der Waals surface area contributed by atoms with Crippen LogP contribution in [-0.4, -0.2) is 39.8 Å². The largest absolute Gasteiger partial charge is 0.481 e. The van der Waals surface area contributed by atoms with Crippen LogP contribution in [0.15, 0.2) is 29.0 Å². The van der Waals surface area contributed by atoms with Crippen LogP contribution in [-0.2, 0) is 0 Å². The molecule has 4 rings (SSSR count). The predicted molar refractivity (Wildman–Crippen MR) is 99.7 cm³/mol. The quantitative estimate of drug-likeness (QED) is 0.699. The summed E-state index contributed by atoms with van der Waals surface area (Å²) in [4.78, 5) is 9.19. The van der Waals surface area contributed by atoms with E-state index in [1.54, 1.807) is 24.0 Å². The minimum Gasteiger partial charge on any atom is -0.481 e. The lowest BCUT2D eigenvalue weighted by molar-refractivity contribution is 0.398. The summed E-state index contributed by atoms with van der Waals surface area (Å²) in [5.74, 6) is 1.48. The topological polar surface area (TPSA) is 90.4 Å². The Morgan fingerprint density at radius 2 is 2.24 bits per heavy atom. The molecule has 0 aromatic carbocycles. The summed E-state index contributed by atoms with van der Waals surface area (Å²) >= 11 is 3.62. The molecule has 0 amide bonds. The first kappa shape index (κ1) is 16.3. The number of piperidine rings is 1. The van der Waals surface area contributed by atoms with E-state index in [1.807, 2.05) is 12.1 Å². The predicted octanol–water partition coefficient (Wildman–Crippen LogP) is 2.61. The van der Waals surface area contributed by atoms with E-state index in [4.69, 9.17) is 15.5 Å². The Morgan fingerprint density at radius 1 is 1.36 bits per heavy atom. The van der Waals surface area contributed by atoms with Gasteiger partial charge in [-0.1, -0.05) is 0 Å². The molecule has 3 aromatic rings. The van der Waals surface area contributed by atoms with Crippen LogP contribution in [0.4, 0.5) is 5.82 Å². The first-order chi connectivity index (χ1) is 12.2. The van der Waals surface area contributed by atoms with E-state index in [2.05, 4.69) is 31.3 Å². The molecule has 8 heteroatoms. The number of aromatic nitrogens is 4. The van der Waals surface area contributed by atoms with E-state index < -0.39 is 0 Å². The van der Waals surface area contributed by atoms with Crippen LogP contribution in [0, 0.1) is 0 Å². The summed E-state index contributed by atoms with van der Waals surface area (Å²) in [5, 5.41) is 7.84. The zero-order chi connectivity index (χ0) is 17.4. The minimum atomic E-state index is 0.340. The molecule has 0 radical (unpaired) electrons. The van der Waals surface area contributed by atoms with Crippen molar-refractivity contribution in [2.75, 3.05) is 25.9 Å². The normalized spacial score (nSPS) is 17.8. The van der Waals surface area contributed by atoms with Crippen LogP contribution in [0.2, 0.25) is 0 Å². The van der Waals surface area contributed by atoms with Crippen molar-refractivity contribution in [2.45, 2.75) is 18.8 Å². The van der Waals surface area contributed by atoms with Gasteiger partial charge in [0.15, 0.2) is 5.65 Å². The lowest BCUT2D eigenvalue weighted by Gasteiger charge is -2.23. The van der Waals surface area contributed by atoms with Crippen molar-refractivity contribution in [3.63, 3.8) is 0 Å². The zero-order valence-electron chi connectivity index (χ0n) is 13.9. The van der Waals surface area contributed by atoms with Crippen molar-refractivity contribution < 1.29 is 4.74 Å². The van der Waals surface area contributed by atoms with Crippen LogP contribution in [0.3, 0.4) is 0 Å². The second kappa shape index (κ2) is 6.61. The molecular formula is C17H19BrN6O. The summed E-state index contributed by atoms with van der Waals surface area (Å²) in [5.41, 5.74) is 9.88. The minimum absolute atomic E-state index is 0.340. The number of pyridine rings is 1. The van der Waals surface area contributed by atoms with Gasteiger partial charge in [0.1, 0.15) is 5.82 Å². The van der Waals surface area contributed by atoms with E-state index in [-0.39, 0.29) is 0 Å². The number of rotatable bonds is 3. The SMILES string of the molecule is COc1ccc(-c2cnn3c(N)c(Br)c([C@@H]4CCCNC4)nc23)cn1. The number of nitrogens with one attached hydrogen (secondary N) is 1. The molecular weight excluding hydrogens is 384 g/mol. The number of nitrogens with zero attached hydrogens (tertiary/aromatic N) is 4. The molecule has 1 atom stereocenters. The van der Waals surface area contributed by atoms with Gasteiger partial charge in [-0.15, -0.1) is 0 Å². The van der Waals surface area contributed by atoms with Gasteiger partial charge in [-0.3, -0.25) is 0 Å². The van der Waals surface area contributed by atoms with Gasteiger partial charge in [0.05, 0.1) is 23.5 Å². The number of ether oxygens (including phenoxy) is 1. The monoisotopic (exact) mass is 402 g/mol. The molecule has 0 saturated carbocycles. The lowest BCUT2D eigenvalue weighted by Crippen LogP contribution is -2.29. The lowest BCUT2D eigenvalue weighted by atomic mass is 9.96. The van der Waals surface area contributed by atoms with E-state index in [9.17, 15) is 0 Å². The van der Waals surface area contributed by atoms with Crippen LogP contribution < -0.4 is 15.8 Å². The highest BCUT2D eigenvalue weighted by molar-refractivity contribution is 9.10. The molecule has 0 bridgehead atoms. The van der Waals surface area contributed by atoms with Gasteiger partial charge >= 0.3 is 0 Å². The second-order valence-electron chi connectivity index (χ2n) is 6.12. The van der Waals surface area contributed by atoms with Gasteiger partial charge in [0, 0.05) is 35.9 Å². The fraction of sp³-hybridized carbons (Fsp3) is 0.353. The maximum atomic E-state index is 6.32. The van der Waals surface area contributed by atoms with Gasteiger partial charge in [0.2, 0.25) is 5.88 Å². The highest BCUT2D eigenvalue weighted by Crippen LogP contribution is 2.35. The number of halogens is 1. The Balaban J connectivity index is 1.84. The second-order valence-corrected chi connectivity index (χ2v) is 6.92. The molecule has 1 aliphatic rings. The summed E-state index contributed by atoms with van der Waals surface area (Å²) in [6.45, 7) is 1.97. The summed E-state index contributed by atoms with van der Waals surface area (Å²) in [6.07, 6.45) is 5.77. The third-order valence-corrected chi connectivity index (χ3v) is 5.40. The van der Waals surface area contributed by atoms with Crippen molar-refractivity contribution >= 4 is 27.4 Å². The number of hydrogen-bond donors (Lipinski definition) is 2. The molecule has 3 N–H and O–H groups in total. The third kappa shape index (κ3) is 2.85. The Morgan fingerprint density at radius 3 is 2.92 bits per heavy atom. The molecule has 4 heterocycles. The molecule has 25 heavy (non-hydrogen) atoms. The fourth-order valence-corrected chi connectivity index (χ4v) is 3.81. The number of hydrogen-bond acceptors (Lipinski definition) is 6. The van der Waals surface area contributed by atoms with Gasteiger partial charge in [-0.05, 0) is 41.4 Å². The van der Waals surface area contributed by atoms with Gasteiger partial charge in [-0.25, -0.2) is 9.97 Å². The number of nitrogen functional groups attached to an aromatic ring is 1. The van der Waals surface area contributed by atoms with Crippen molar-refractivity contribution in [3.8, 4) is 17.0 Å². The number of anilines is 1. The van der Waals surface area contributed by atoms with Gasteiger partial charge < -0.3 is 15.8 Å². The molecule has 0 spiro atoms. The van der Waals surface area contributed by atoms with Crippen molar-refractivity contribution in [1.82, 2.24) is 24.9 Å². The van der Waals surface area contributed by atoms with E-state index >= 15 is 0 Å². The molecule has 0 aliphatic carbocycles. The Labute approximate surface area is 153 Å². The average Bonchev–Trinajstić information content (AvgIpc) is 3.09. The van der Waals surface area contributed by atoms with Gasteiger partial charge in [0.25, 0.3) is 0 Å². The molecule has 1 aliphatic heterocycles. The Kier molecular flexibility index (Phi) is 4.30. The molecule has 7 nitrogen and oxygen atoms in total. The van der Waals surface area contributed by atoms with Gasteiger partial charge in [-0.2, -0.15) is 9.61 Å². The van der Waals surface area contributed by atoms with Crippen molar-refractivity contribution in [1.29, 1.82) is 0 Å². The van der Waals surface area contributed by atoms with E-state index in [1.165, 1.54) is 0 Å². The first-order valence-electron chi connectivity index (χ1n) is 8.22. The van der Waals surface area contributed by atoms with Crippen LogP contribution in [0.5, 0.6) is 5.88 Å². The number of nitrogens with two attached hydrogens (primary N) is 1. The highest BCUT2D eigenvalue weighted by Gasteiger charge is 2.23. The molecule has 1 fully saturated rings. The smallest absolute Gasteiger partial charge is 0.212 e. The molecule has 130 valence electrons. The summed E-state index contributed by atoms with van der Waals surface area (Å²) in [6, 6.07) is 3.78. The van der Waals surface area contributed by atoms with Crippen LogP contribution in [0.25, 0.3) is 16.8 Å². The van der Waals surface area contributed by atoms with Crippen molar-refractivity contribution in [2.24, 2.45) is 0 Å². The Hall–Kier alpha value is -2.19. The average molecular weight is 403 g/mol. The molecule has 1 saturated heterocycles. The molecule has 3 aromatic heterocycles. The van der Waals surface area contributed by atoms with E-state index in [0.717, 1.165) is 52.9 Å². The molecule has 0 unspecified atom stereocenters.